The Hall–Kier alpha value is -1.41. The number of thiophene rings is 1. The van der Waals surface area contributed by atoms with Gasteiger partial charge in [0.1, 0.15) is 16.5 Å². The molecule has 1 fully saturated rings. The molecule has 1 aliphatic carbocycles. The van der Waals surface area contributed by atoms with Crippen LogP contribution in [0, 0.1) is 6.92 Å². The molecule has 0 bridgehead atoms. The third-order valence-electron chi connectivity index (χ3n) is 4.24. The van der Waals surface area contributed by atoms with Crippen LogP contribution < -0.4 is 10.6 Å². The highest BCUT2D eigenvalue weighted by Crippen LogP contribution is 2.36. The number of hydrogen-bond donors (Lipinski definition) is 1. The molecule has 2 atom stereocenters. The van der Waals surface area contributed by atoms with E-state index in [4.69, 9.17) is 5.73 Å². The van der Waals surface area contributed by atoms with Crippen molar-refractivity contribution >= 4 is 27.4 Å². The molecule has 23 heavy (non-hydrogen) atoms. The second kappa shape index (κ2) is 5.90. The molecule has 1 saturated carbocycles. The molecule has 4 nitrogen and oxygen atoms in total. The number of fused-ring (bicyclic) bond motifs is 1. The molecule has 2 aromatic heterocycles. The van der Waals surface area contributed by atoms with Crippen molar-refractivity contribution in [3.05, 3.63) is 16.8 Å². The van der Waals surface area contributed by atoms with Crippen molar-refractivity contribution in [2.24, 2.45) is 5.73 Å². The van der Waals surface area contributed by atoms with Crippen molar-refractivity contribution in [2.45, 2.75) is 50.9 Å². The fourth-order valence-electron chi connectivity index (χ4n) is 3.13. The average Bonchev–Trinajstić information content (AvgIpc) is 3.00. The van der Waals surface area contributed by atoms with Gasteiger partial charge in [0, 0.05) is 24.0 Å². The average molecular weight is 344 g/mol. The van der Waals surface area contributed by atoms with E-state index in [1.807, 2.05) is 11.9 Å². The van der Waals surface area contributed by atoms with Crippen molar-refractivity contribution in [1.82, 2.24) is 9.97 Å². The van der Waals surface area contributed by atoms with E-state index >= 15 is 0 Å². The van der Waals surface area contributed by atoms with Gasteiger partial charge >= 0.3 is 6.18 Å². The lowest BCUT2D eigenvalue weighted by Crippen LogP contribution is -2.31. The lowest BCUT2D eigenvalue weighted by molar-refractivity contribution is -0.126. The predicted molar refractivity (Wildman–Crippen MR) is 85.9 cm³/mol. The first-order valence-electron chi connectivity index (χ1n) is 7.55. The molecule has 0 saturated heterocycles. The van der Waals surface area contributed by atoms with Gasteiger partial charge in [-0.2, -0.15) is 13.2 Å². The van der Waals surface area contributed by atoms with Crippen LogP contribution in [0.2, 0.25) is 0 Å². The van der Waals surface area contributed by atoms with Crippen LogP contribution in [0.25, 0.3) is 10.2 Å². The van der Waals surface area contributed by atoms with E-state index in [-0.39, 0.29) is 17.0 Å². The predicted octanol–water partition coefficient (Wildman–Crippen LogP) is 3.42. The number of aromatic nitrogens is 2. The Kier molecular flexibility index (Phi) is 4.22. The van der Waals surface area contributed by atoms with Crippen LogP contribution in [0.4, 0.5) is 19.0 Å². The Morgan fingerprint density at radius 3 is 2.70 bits per heavy atom. The minimum absolute atomic E-state index is 0.184. The van der Waals surface area contributed by atoms with Crippen molar-refractivity contribution < 1.29 is 13.2 Å². The largest absolute Gasteiger partial charge is 0.393 e. The Balaban J connectivity index is 1.98. The number of hydrogen-bond acceptors (Lipinski definition) is 5. The summed E-state index contributed by atoms with van der Waals surface area (Å²) in [5.74, 6) is 1.28. The van der Waals surface area contributed by atoms with E-state index in [1.165, 1.54) is 0 Å². The van der Waals surface area contributed by atoms with Crippen LogP contribution in [-0.2, 0) is 6.42 Å². The van der Waals surface area contributed by atoms with E-state index in [9.17, 15) is 13.2 Å². The lowest BCUT2D eigenvalue weighted by Gasteiger charge is -2.26. The summed E-state index contributed by atoms with van der Waals surface area (Å²) in [5.41, 5.74) is 5.97. The van der Waals surface area contributed by atoms with E-state index in [0.29, 0.717) is 21.9 Å². The quantitative estimate of drug-likeness (QED) is 0.927. The SMILES string of the molecule is Cc1nc(N(C)[C@@H]2CC[C@H](N)C2)c2cc(CC(F)(F)F)sc2n1. The molecule has 3 rings (SSSR count). The highest BCUT2D eigenvalue weighted by Gasteiger charge is 2.30. The second-order valence-corrected chi connectivity index (χ2v) is 7.27. The molecule has 0 spiro atoms. The van der Waals surface area contributed by atoms with Gasteiger partial charge in [-0.15, -0.1) is 11.3 Å². The smallest absolute Gasteiger partial charge is 0.356 e. The first kappa shape index (κ1) is 16.4. The van der Waals surface area contributed by atoms with Crippen LogP contribution in [0.15, 0.2) is 6.07 Å². The van der Waals surface area contributed by atoms with E-state index < -0.39 is 12.6 Å². The number of nitrogens with zero attached hydrogens (tertiary/aromatic N) is 3. The van der Waals surface area contributed by atoms with Gasteiger partial charge < -0.3 is 10.6 Å². The molecule has 0 radical (unpaired) electrons. The summed E-state index contributed by atoms with van der Waals surface area (Å²) in [6.07, 6.45) is -2.33. The van der Waals surface area contributed by atoms with Crippen LogP contribution >= 0.6 is 11.3 Å². The topological polar surface area (TPSA) is 55.0 Å². The second-order valence-electron chi connectivity index (χ2n) is 6.16. The first-order valence-corrected chi connectivity index (χ1v) is 8.37. The maximum Gasteiger partial charge on any atom is 0.393 e. The number of nitrogens with two attached hydrogens (primary N) is 1. The Labute approximate surface area is 136 Å². The maximum absolute atomic E-state index is 12.6. The normalized spacial score (nSPS) is 22.0. The molecular formula is C15H19F3N4S. The van der Waals surface area contributed by atoms with Crippen LogP contribution in [0.1, 0.15) is 30.0 Å². The van der Waals surface area contributed by atoms with E-state index in [0.717, 1.165) is 30.6 Å². The van der Waals surface area contributed by atoms with Crippen molar-refractivity contribution in [3.63, 3.8) is 0 Å². The third kappa shape index (κ3) is 3.58. The third-order valence-corrected chi connectivity index (χ3v) is 5.27. The zero-order valence-corrected chi connectivity index (χ0v) is 13.8. The summed E-state index contributed by atoms with van der Waals surface area (Å²) >= 11 is 1.09. The fourth-order valence-corrected chi connectivity index (χ4v) is 4.23. The lowest BCUT2D eigenvalue weighted by atomic mass is 10.2. The summed E-state index contributed by atoms with van der Waals surface area (Å²) in [4.78, 5) is 11.7. The van der Waals surface area contributed by atoms with Gasteiger partial charge in [-0.05, 0) is 32.3 Å². The molecule has 0 aliphatic heterocycles. The molecule has 2 aromatic rings. The van der Waals surface area contributed by atoms with Gasteiger partial charge in [-0.1, -0.05) is 0 Å². The number of alkyl halides is 3. The van der Waals surface area contributed by atoms with Crippen LogP contribution in [0.5, 0.6) is 0 Å². The number of rotatable bonds is 3. The molecule has 0 aromatic carbocycles. The minimum atomic E-state index is -4.21. The van der Waals surface area contributed by atoms with E-state index in [2.05, 4.69) is 9.97 Å². The molecule has 2 N–H and O–H groups in total. The summed E-state index contributed by atoms with van der Waals surface area (Å²) in [6.45, 7) is 1.76. The van der Waals surface area contributed by atoms with Crippen LogP contribution in [-0.4, -0.2) is 35.3 Å². The standard InChI is InChI=1S/C15H19F3N4S/c1-8-20-13(22(2)10-4-3-9(19)5-10)12-6-11(7-15(16,17)18)23-14(12)21-8/h6,9-10H,3-5,7,19H2,1-2H3/t9-,10+/m0/s1. The molecule has 2 heterocycles. The molecule has 8 heteroatoms. The van der Waals surface area contributed by atoms with Crippen molar-refractivity contribution in [3.8, 4) is 0 Å². The van der Waals surface area contributed by atoms with Gasteiger partial charge in [-0.25, -0.2) is 9.97 Å². The number of aryl methyl sites for hydroxylation is 1. The Morgan fingerprint density at radius 2 is 2.09 bits per heavy atom. The van der Waals surface area contributed by atoms with Crippen LogP contribution in [0.3, 0.4) is 0 Å². The van der Waals surface area contributed by atoms with Gasteiger partial charge in [-0.3, -0.25) is 0 Å². The Bertz CT molecular complexity index is 713. The highest BCUT2D eigenvalue weighted by atomic mass is 32.1. The summed E-state index contributed by atoms with van der Waals surface area (Å²) in [7, 11) is 1.94. The molecule has 0 unspecified atom stereocenters. The Morgan fingerprint density at radius 1 is 1.35 bits per heavy atom. The fraction of sp³-hybridized carbons (Fsp3) is 0.600. The molecular weight excluding hydrogens is 325 g/mol. The van der Waals surface area contributed by atoms with Crippen molar-refractivity contribution in [2.75, 3.05) is 11.9 Å². The van der Waals surface area contributed by atoms with Gasteiger partial charge in [0.25, 0.3) is 0 Å². The van der Waals surface area contributed by atoms with Crippen molar-refractivity contribution in [1.29, 1.82) is 0 Å². The monoisotopic (exact) mass is 344 g/mol. The number of halogens is 3. The maximum atomic E-state index is 12.6. The van der Waals surface area contributed by atoms with E-state index in [1.54, 1.807) is 13.0 Å². The molecule has 0 amide bonds. The minimum Gasteiger partial charge on any atom is -0.356 e. The summed E-state index contributed by atoms with van der Waals surface area (Å²) in [6, 6.07) is 2.03. The zero-order valence-electron chi connectivity index (χ0n) is 13.0. The molecule has 126 valence electrons. The first-order chi connectivity index (χ1) is 10.7. The number of anilines is 1. The highest BCUT2D eigenvalue weighted by molar-refractivity contribution is 7.18. The molecule has 1 aliphatic rings. The van der Waals surface area contributed by atoms with Gasteiger partial charge in [0.05, 0.1) is 11.8 Å². The van der Waals surface area contributed by atoms with Gasteiger partial charge in [0.15, 0.2) is 0 Å². The summed E-state index contributed by atoms with van der Waals surface area (Å²) in [5, 5.41) is 0.697. The zero-order chi connectivity index (χ0) is 16.8. The summed E-state index contributed by atoms with van der Waals surface area (Å²) < 4.78 is 37.9. The van der Waals surface area contributed by atoms with Gasteiger partial charge in [0.2, 0.25) is 0 Å².